The van der Waals surface area contributed by atoms with Crippen LogP contribution in [-0.2, 0) is 14.3 Å². The van der Waals surface area contributed by atoms with Crippen molar-refractivity contribution in [3.8, 4) is 0 Å². The number of amides is 1. The lowest BCUT2D eigenvalue weighted by Gasteiger charge is -2.31. The van der Waals surface area contributed by atoms with Gasteiger partial charge in [-0.2, -0.15) is 0 Å². The normalized spacial score (nSPS) is 20.6. The molecule has 0 aromatic heterocycles. The Morgan fingerprint density at radius 1 is 1.41 bits per heavy atom. The fraction of sp³-hybridized carbons (Fsp3) is 0.833. The summed E-state index contributed by atoms with van der Waals surface area (Å²) >= 11 is 0. The molecule has 98 valence electrons. The van der Waals surface area contributed by atoms with E-state index in [0.717, 1.165) is 12.8 Å². The van der Waals surface area contributed by atoms with Gasteiger partial charge < -0.3 is 14.7 Å². The lowest BCUT2D eigenvalue weighted by Crippen LogP contribution is -2.48. The summed E-state index contributed by atoms with van der Waals surface area (Å²) in [5.41, 5.74) is 0. The topological polar surface area (TPSA) is 66.8 Å². The Kier molecular flexibility index (Phi) is 5.41. The standard InChI is InChI=1S/C12H21NO4/c1-3-9(4-2)7-11(14)13-5-6-17-10(8-13)12(15)16/h9-10H,3-8H2,1-2H3,(H,15,16). The molecular formula is C12H21NO4. The van der Waals surface area contributed by atoms with Gasteiger partial charge in [0, 0.05) is 13.0 Å². The predicted molar refractivity (Wildman–Crippen MR) is 62.6 cm³/mol. The Labute approximate surface area is 102 Å². The van der Waals surface area contributed by atoms with E-state index in [2.05, 4.69) is 13.8 Å². The molecule has 1 fully saturated rings. The molecule has 1 unspecified atom stereocenters. The summed E-state index contributed by atoms with van der Waals surface area (Å²) in [7, 11) is 0. The Hall–Kier alpha value is -1.10. The summed E-state index contributed by atoms with van der Waals surface area (Å²) in [6.07, 6.45) is 1.61. The number of ether oxygens (including phenoxy) is 1. The van der Waals surface area contributed by atoms with Crippen LogP contribution in [0.4, 0.5) is 0 Å². The fourth-order valence-corrected chi connectivity index (χ4v) is 1.98. The number of carbonyl (C=O) groups is 2. The van der Waals surface area contributed by atoms with Crippen LogP contribution in [0.15, 0.2) is 0 Å². The van der Waals surface area contributed by atoms with Crippen LogP contribution in [0.1, 0.15) is 33.1 Å². The van der Waals surface area contributed by atoms with Crippen LogP contribution >= 0.6 is 0 Å². The minimum Gasteiger partial charge on any atom is -0.479 e. The van der Waals surface area contributed by atoms with E-state index in [1.165, 1.54) is 0 Å². The highest BCUT2D eigenvalue weighted by Crippen LogP contribution is 2.16. The van der Waals surface area contributed by atoms with Gasteiger partial charge in [0.15, 0.2) is 6.10 Å². The van der Waals surface area contributed by atoms with E-state index in [4.69, 9.17) is 9.84 Å². The van der Waals surface area contributed by atoms with Crippen molar-refractivity contribution in [1.82, 2.24) is 4.90 Å². The third-order valence-electron chi connectivity index (χ3n) is 3.31. The van der Waals surface area contributed by atoms with Crippen molar-refractivity contribution in [2.45, 2.75) is 39.2 Å². The van der Waals surface area contributed by atoms with Crippen LogP contribution in [-0.4, -0.2) is 47.7 Å². The largest absolute Gasteiger partial charge is 0.479 e. The van der Waals surface area contributed by atoms with Crippen LogP contribution in [0.2, 0.25) is 0 Å². The Morgan fingerprint density at radius 2 is 2.06 bits per heavy atom. The third kappa shape index (κ3) is 4.00. The summed E-state index contributed by atoms with van der Waals surface area (Å²) < 4.78 is 5.08. The van der Waals surface area contributed by atoms with E-state index in [-0.39, 0.29) is 12.5 Å². The first-order chi connectivity index (χ1) is 8.08. The summed E-state index contributed by atoms with van der Waals surface area (Å²) in [5.74, 6) is -0.549. The van der Waals surface area contributed by atoms with Crippen LogP contribution in [0.5, 0.6) is 0 Å². The van der Waals surface area contributed by atoms with Gasteiger partial charge in [-0.15, -0.1) is 0 Å². The molecule has 0 spiro atoms. The van der Waals surface area contributed by atoms with Crippen LogP contribution < -0.4 is 0 Å². The smallest absolute Gasteiger partial charge is 0.334 e. The van der Waals surface area contributed by atoms with Crippen LogP contribution in [0, 0.1) is 5.92 Å². The second-order valence-electron chi connectivity index (χ2n) is 4.42. The quantitative estimate of drug-likeness (QED) is 0.786. The van der Waals surface area contributed by atoms with Crippen molar-refractivity contribution >= 4 is 11.9 Å². The first-order valence-electron chi connectivity index (χ1n) is 6.20. The lowest BCUT2D eigenvalue weighted by atomic mass is 9.98. The van der Waals surface area contributed by atoms with Crippen molar-refractivity contribution in [3.05, 3.63) is 0 Å². The maximum absolute atomic E-state index is 12.0. The van der Waals surface area contributed by atoms with Gasteiger partial charge >= 0.3 is 5.97 Å². The maximum Gasteiger partial charge on any atom is 0.334 e. The average molecular weight is 243 g/mol. The zero-order valence-electron chi connectivity index (χ0n) is 10.5. The van der Waals surface area contributed by atoms with Crippen molar-refractivity contribution in [2.75, 3.05) is 19.7 Å². The molecule has 17 heavy (non-hydrogen) atoms. The minimum atomic E-state index is -0.995. The summed E-state index contributed by atoms with van der Waals surface area (Å²) in [4.78, 5) is 24.4. The second-order valence-corrected chi connectivity index (χ2v) is 4.42. The van der Waals surface area contributed by atoms with E-state index >= 15 is 0 Å². The highest BCUT2D eigenvalue weighted by molar-refractivity contribution is 5.78. The van der Waals surface area contributed by atoms with Gasteiger partial charge in [-0.3, -0.25) is 4.79 Å². The number of carbonyl (C=O) groups excluding carboxylic acids is 1. The van der Waals surface area contributed by atoms with Crippen molar-refractivity contribution in [1.29, 1.82) is 0 Å². The molecule has 5 heteroatoms. The predicted octanol–water partition coefficient (Wildman–Crippen LogP) is 1.12. The third-order valence-corrected chi connectivity index (χ3v) is 3.31. The van der Waals surface area contributed by atoms with E-state index < -0.39 is 12.1 Å². The van der Waals surface area contributed by atoms with Crippen LogP contribution in [0.25, 0.3) is 0 Å². The first-order valence-corrected chi connectivity index (χ1v) is 6.20. The lowest BCUT2D eigenvalue weighted by molar-refractivity contribution is -0.159. The molecule has 0 aliphatic carbocycles. The molecule has 0 radical (unpaired) electrons. The molecule has 1 N–H and O–H groups in total. The van der Waals surface area contributed by atoms with Gasteiger partial charge in [-0.1, -0.05) is 26.7 Å². The second kappa shape index (κ2) is 6.59. The molecule has 0 aromatic rings. The van der Waals surface area contributed by atoms with E-state index in [1.807, 2.05) is 0 Å². The number of rotatable bonds is 5. The molecule has 1 heterocycles. The zero-order valence-corrected chi connectivity index (χ0v) is 10.5. The number of hydrogen-bond donors (Lipinski definition) is 1. The Morgan fingerprint density at radius 3 is 2.59 bits per heavy atom. The van der Waals surface area contributed by atoms with Crippen molar-refractivity contribution in [2.24, 2.45) is 5.92 Å². The van der Waals surface area contributed by atoms with E-state index in [1.54, 1.807) is 4.90 Å². The number of morpholine rings is 1. The number of carboxylic acids is 1. The number of aliphatic carboxylic acids is 1. The summed E-state index contributed by atoms with van der Waals surface area (Å²) in [5, 5.41) is 8.85. The molecule has 1 saturated heterocycles. The van der Waals surface area contributed by atoms with E-state index in [9.17, 15) is 9.59 Å². The molecule has 1 aliphatic rings. The fourth-order valence-electron chi connectivity index (χ4n) is 1.98. The van der Waals surface area contributed by atoms with Gasteiger partial charge in [0.2, 0.25) is 5.91 Å². The molecule has 5 nitrogen and oxygen atoms in total. The van der Waals surface area contributed by atoms with Crippen LogP contribution in [0.3, 0.4) is 0 Å². The Bertz CT molecular complexity index is 276. The number of nitrogens with zero attached hydrogens (tertiary/aromatic N) is 1. The van der Waals surface area contributed by atoms with Gasteiger partial charge in [-0.05, 0) is 5.92 Å². The van der Waals surface area contributed by atoms with Crippen molar-refractivity contribution < 1.29 is 19.4 Å². The van der Waals surface area contributed by atoms with Gasteiger partial charge in [0.05, 0.1) is 13.2 Å². The molecule has 1 amide bonds. The van der Waals surface area contributed by atoms with Crippen molar-refractivity contribution in [3.63, 3.8) is 0 Å². The first kappa shape index (κ1) is 14.0. The van der Waals surface area contributed by atoms with Gasteiger partial charge in [-0.25, -0.2) is 4.79 Å². The number of hydrogen-bond acceptors (Lipinski definition) is 3. The highest BCUT2D eigenvalue weighted by Gasteiger charge is 2.29. The molecule has 0 bridgehead atoms. The molecule has 1 atom stereocenters. The molecule has 0 aromatic carbocycles. The summed E-state index contributed by atoms with van der Waals surface area (Å²) in [6, 6.07) is 0. The monoisotopic (exact) mass is 243 g/mol. The molecular weight excluding hydrogens is 222 g/mol. The molecule has 1 aliphatic heterocycles. The SMILES string of the molecule is CCC(CC)CC(=O)N1CCOC(C(=O)O)C1. The highest BCUT2D eigenvalue weighted by atomic mass is 16.5. The Balaban J connectivity index is 2.48. The average Bonchev–Trinajstić information content (AvgIpc) is 2.35. The molecule has 1 rings (SSSR count). The summed E-state index contributed by atoms with van der Waals surface area (Å²) in [6.45, 7) is 5.13. The van der Waals surface area contributed by atoms with Gasteiger partial charge in [0.25, 0.3) is 0 Å². The van der Waals surface area contributed by atoms with Gasteiger partial charge in [0.1, 0.15) is 0 Å². The van der Waals surface area contributed by atoms with E-state index in [0.29, 0.717) is 25.5 Å². The molecule has 0 saturated carbocycles. The minimum absolute atomic E-state index is 0.0493. The maximum atomic E-state index is 12.0. The zero-order chi connectivity index (χ0) is 12.8. The number of carboxylic acid groups (broad SMARTS) is 1.